The second-order valence-electron chi connectivity index (χ2n) is 7.82. The lowest BCUT2D eigenvalue weighted by Gasteiger charge is -2.24. The van der Waals surface area contributed by atoms with Crippen LogP contribution in [-0.2, 0) is 22.7 Å². The average Bonchev–Trinajstić information content (AvgIpc) is 3.49. The van der Waals surface area contributed by atoms with E-state index in [0.29, 0.717) is 0 Å². The maximum Gasteiger partial charge on any atom is 0.490 e. The first-order chi connectivity index (χ1) is 16.3. The Morgan fingerprint density at radius 1 is 1.00 bits per heavy atom. The third-order valence-corrected chi connectivity index (χ3v) is 4.81. The van der Waals surface area contributed by atoms with Gasteiger partial charge in [-0.2, -0.15) is 26.3 Å². The molecule has 1 atom stereocenters. The monoisotopic (exact) mass is 511 g/mol. The highest BCUT2D eigenvalue weighted by Crippen LogP contribution is 2.31. The zero-order valence-electron chi connectivity index (χ0n) is 18.2. The predicted molar refractivity (Wildman–Crippen MR) is 108 cm³/mol. The lowest BCUT2D eigenvalue weighted by atomic mass is 10.3. The average molecular weight is 511 g/mol. The molecule has 1 aliphatic carbocycles. The van der Waals surface area contributed by atoms with Crippen molar-refractivity contribution in [3.05, 3.63) is 48.5 Å². The Kier molecular flexibility index (Phi) is 9.51. The number of fused-ring (bicyclic) bond motifs is 1. The molecule has 35 heavy (non-hydrogen) atoms. The molecular weight excluding hydrogens is 488 g/mol. The van der Waals surface area contributed by atoms with Crippen molar-refractivity contribution in [3.8, 4) is 5.75 Å². The zero-order chi connectivity index (χ0) is 26.2. The van der Waals surface area contributed by atoms with E-state index in [1.165, 1.54) is 25.1 Å². The van der Waals surface area contributed by atoms with E-state index in [9.17, 15) is 26.3 Å². The summed E-state index contributed by atoms with van der Waals surface area (Å²) in [6.07, 6.45) is -1.45. The smallest absolute Gasteiger partial charge is 0.486 e. The zero-order valence-corrected chi connectivity index (χ0v) is 18.2. The topological polar surface area (TPSA) is 105 Å². The summed E-state index contributed by atoms with van der Waals surface area (Å²) in [5.74, 6) is -3.74. The molecule has 2 aliphatic rings. The molecule has 1 saturated carbocycles. The highest BCUT2D eigenvalue weighted by Gasteiger charge is 2.38. The molecule has 8 nitrogen and oxygen atoms in total. The number of ether oxygens (including phenoxy) is 1. The molecule has 0 aromatic carbocycles. The van der Waals surface area contributed by atoms with E-state index in [2.05, 4.69) is 32.8 Å². The molecule has 1 aliphatic heterocycles. The number of halogens is 6. The number of aliphatic carboxylic acids is 2. The summed E-state index contributed by atoms with van der Waals surface area (Å²) in [6, 6.07) is 8.28. The summed E-state index contributed by atoms with van der Waals surface area (Å²) in [6.45, 7) is 4.15. The largest absolute Gasteiger partial charge is 0.490 e. The quantitative estimate of drug-likeness (QED) is 0.602. The molecule has 14 heteroatoms. The van der Waals surface area contributed by atoms with Crippen LogP contribution in [0.15, 0.2) is 42.9 Å². The van der Waals surface area contributed by atoms with Gasteiger partial charge in [-0.25, -0.2) is 9.59 Å². The number of hydrogen-bond acceptors (Lipinski definition) is 5. The molecule has 0 bridgehead atoms. The Balaban J connectivity index is 0.000000257. The van der Waals surface area contributed by atoms with Crippen molar-refractivity contribution in [2.75, 3.05) is 13.1 Å². The summed E-state index contributed by atoms with van der Waals surface area (Å²) in [5.41, 5.74) is 1.40. The molecule has 3 heterocycles. The number of pyridine rings is 1. The van der Waals surface area contributed by atoms with Crippen LogP contribution in [0.2, 0.25) is 0 Å². The minimum absolute atomic E-state index is 0.182. The number of alkyl halides is 6. The molecule has 194 valence electrons. The Hall–Kier alpha value is -3.29. The lowest BCUT2D eigenvalue weighted by Crippen LogP contribution is -2.36. The Labute approximate surface area is 195 Å². The fraction of sp³-hybridized carbons (Fsp3) is 0.476. The van der Waals surface area contributed by atoms with Crippen molar-refractivity contribution in [1.82, 2.24) is 14.5 Å². The van der Waals surface area contributed by atoms with E-state index in [0.717, 1.165) is 31.3 Å². The van der Waals surface area contributed by atoms with Gasteiger partial charge in [0.25, 0.3) is 0 Å². The van der Waals surface area contributed by atoms with Gasteiger partial charge in [0, 0.05) is 37.7 Å². The highest BCUT2D eigenvalue weighted by molar-refractivity contribution is 5.73. The number of hydrogen-bond donors (Lipinski definition) is 2. The van der Waals surface area contributed by atoms with Crippen LogP contribution in [0, 0.1) is 5.92 Å². The third kappa shape index (κ3) is 10.2. The fourth-order valence-electron chi connectivity index (χ4n) is 3.12. The second kappa shape index (κ2) is 11.9. The van der Waals surface area contributed by atoms with Crippen molar-refractivity contribution in [1.29, 1.82) is 0 Å². The van der Waals surface area contributed by atoms with Gasteiger partial charge < -0.3 is 19.5 Å². The van der Waals surface area contributed by atoms with Crippen molar-refractivity contribution in [2.45, 2.75) is 44.4 Å². The maximum absolute atomic E-state index is 10.6. The molecule has 1 fully saturated rings. The van der Waals surface area contributed by atoms with E-state index in [-0.39, 0.29) is 6.10 Å². The number of nitrogens with zero attached hydrogens (tertiary/aromatic N) is 3. The van der Waals surface area contributed by atoms with E-state index in [1.54, 1.807) is 12.4 Å². The van der Waals surface area contributed by atoms with Crippen LogP contribution in [0.1, 0.15) is 18.5 Å². The van der Waals surface area contributed by atoms with E-state index >= 15 is 0 Å². The molecule has 2 aromatic heterocycles. The van der Waals surface area contributed by atoms with Gasteiger partial charge in [0.2, 0.25) is 0 Å². The van der Waals surface area contributed by atoms with Crippen LogP contribution < -0.4 is 4.74 Å². The van der Waals surface area contributed by atoms with Crippen molar-refractivity contribution in [3.63, 3.8) is 0 Å². The van der Waals surface area contributed by atoms with E-state index < -0.39 is 24.3 Å². The number of aromatic nitrogens is 2. The van der Waals surface area contributed by atoms with Crippen LogP contribution >= 0.6 is 0 Å². The van der Waals surface area contributed by atoms with Crippen molar-refractivity contribution >= 4 is 11.9 Å². The Bertz CT molecular complexity index is 936. The second-order valence-corrected chi connectivity index (χ2v) is 7.82. The van der Waals surface area contributed by atoms with Gasteiger partial charge in [0.05, 0.1) is 12.7 Å². The van der Waals surface area contributed by atoms with Gasteiger partial charge in [0.1, 0.15) is 11.9 Å². The Morgan fingerprint density at radius 2 is 1.60 bits per heavy atom. The van der Waals surface area contributed by atoms with Crippen LogP contribution in [0.25, 0.3) is 0 Å². The van der Waals surface area contributed by atoms with Crippen LogP contribution in [-0.4, -0.2) is 68.1 Å². The molecule has 0 radical (unpaired) electrons. The molecule has 0 spiro atoms. The van der Waals surface area contributed by atoms with Crippen molar-refractivity contribution < 1.29 is 50.9 Å². The molecule has 2 N–H and O–H groups in total. The molecule has 2 aromatic rings. The first kappa shape index (κ1) is 28.0. The summed E-state index contributed by atoms with van der Waals surface area (Å²) in [4.78, 5) is 24.5. The van der Waals surface area contributed by atoms with Gasteiger partial charge in [0.15, 0.2) is 0 Å². The molecule has 4 rings (SSSR count). The van der Waals surface area contributed by atoms with Crippen LogP contribution in [0.3, 0.4) is 0 Å². The lowest BCUT2D eigenvalue weighted by molar-refractivity contribution is -0.193. The number of carbonyl (C=O) groups is 2. The summed E-state index contributed by atoms with van der Waals surface area (Å²) >= 11 is 0. The molecule has 0 saturated heterocycles. The van der Waals surface area contributed by atoms with Crippen molar-refractivity contribution in [2.24, 2.45) is 5.92 Å². The first-order valence-corrected chi connectivity index (χ1v) is 10.3. The summed E-state index contributed by atoms with van der Waals surface area (Å²) in [5, 5.41) is 14.2. The number of carboxylic acids is 2. The van der Waals surface area contributed by atoms with Gasteiger partial charge in [-0.15, -0.1) is 0 Å². The number of rotatable bonds is 4. The van der Waals surface area contributed by atoms with Gasteiger partial charge in [-0.3, -0.25) is 9.88 Å². The minimum atomic E-state index is -5.08. The van der Waals surface area contributed by atoms with E-state index in [4.69, 9.17) is 24.5 Å². The predicted octanol–water partition coefficient (Wildman–Crippen LogP) is 3.82. The Morgan fingerprint density at radius 3 is 2.09 bits per heavy atom. The standard InChI is InChI=1S/C17H21N3O.2C2HF3O2/c1-4-16(9-18-7-1)21-17-12-19(10-14-5-6-14)11-15-3-2-8-20(15)13-17;2*3-2(4,5)1(6)7/h1-4,7-9,14,17H,5-6,10-13H2;2*(H,6,7). The van der Waals surface area contributed by atoms with Crippen LogP contribution in [0.4, 0.5) is 26.3 Å². The maximum atomic E-state index is 10.6. The molecule has 0 amide bonds. The summed E-state index contributed by atoms with van der Waals surface area (Å²) in [7, 11) is 0. The SMILES string of the molecule is O=C(O)C(F)(F)F.O=C(O)C(F)(F)F.c1cncc(OC2CN(CC3CC3)Cc3cccn3C2)c1. The van der Waals surface area contributed by atoms with E-state index in [1.807, 2.05) is 12.1 Å². The van der Waals surface area contributed by atoms with Gasteiger partial charge >= 0.3 is 24.3 Å². The van der Waals surface area contributed by atoms with Gasteiger partial charge in [-0.05, 0) is 43.0 Å². The normalized spacial score (nSPS) is 18.1. The third-order valence-electron chi connectivity index (χ3n) is 4.81. The molecule has 1 unspecified atom stereocenters. The number of carboxylic acid groups (broad SMARTS) is 2. The first-order valence-electron chi connectivity index (χ1n) is 10.3. The van der Waals surface area contributed by atoms with Crippen LogP contribution in [0.5, 0.6) is 5.75 Å². The molecular formula is C21H23F6N3O5. The minimum Gasteiger partial charge on any atom is -0.486 e. The summed E-state index contributed by atoms with van der Waals surface area (Å²) < 4.78 is 72.0. The fourth-order valence-corrected chi connectivity index (χ4v) is 3.12. The van der Waals surface area contributed by atoms with Gasteiger partial charge in [-0.1, -0.05) is 0 Å². The highest BCUT2D eigenvalue weighted by atomic mass is 19.4.